The standard InChI is InChI=1S/C11H7BrF2N2S/c12-10-5-9(15-6-16-10)7-1-3-8(4-2-7)17-11(13)14/h1-6,11H. The molecule has 0 spiro atoms. The zero-order valence-electron chi connectivity index (χ0n) is 8.48. The van der Waals surface area contributed by atoms with Gasteiger partial charge in [0.1, 0.15) is 10.9 Å². The highest BCUT2D eigenvalue weighted by molar-refractivity contribution is 9.10. The Morgan fingerprint density at radius 3 is 2.41 bits per heavy atom. The minimum atomic E-state index is -2.39. The molecule has 0 aliphatic heterocycles. The number of hydrogen-bond donors (Lipinski definition) is 0. The maximum absolute atomic E-state index is 12.1. The summed E-state index contributed by atoms with van der Waals surface area (Å²) in [6.07, 6.45) is 1.45. The van der Waals surface area contributed by atoms with E-state index in [0.29, 0.717) is 21.3 Å². The second kappa shape index (κ2) is 5.55. The fourth-order valence-electron chi connectivity index (χ4n) is 1.30. The molecule has 0 radical (unpaired) electrons. The Morgan fingerprint density at radius 2 is 1.82 bits per heavy atom. The van der Waals surface area contributed by atoms with Crippen LogP contribution in [0.2, 0.25) is 0 Å². The molecule has 0 atom stereocenters. The molecule has 2 aromatic rings. The third kappa shape index (κ3) is 3.47. The molecule has 0 fully saturated rings. The van der Waals surface area contributed by atoms with Crippen LogP contribution in [0.5, 0.6) is 0 Å². The van der Waals surface area contributed by atoms with Crippen LogP contribution in [0.3, 0.4) is 0 Å². The van der Waals surface area contributed by atoms with Crippen molar-refractivity contribution in [3.8, 4) is 11.3 Å². The summed E-state index contributed by atoms with van der Waals surface area (Å²) in [7, 11) is 0. The maximum atomic E-state index is 12.1. The van der Waals surface area contributed by atoms with E-state index in [1.54, 1.807) is 30.3 Å². The van der Waals surface area contributed by atoms with Gasteiger partial charge in [-0.2, -0.15) is 8.78 Å². The minimum Gasteiger partial charge on any atom is -0.236 e. The van der Waals surface area contributed by atoms with E-state index < -0.39 is 5.76 Å². The lowest BCUT2D eigenvalue weighted by Gasteiger charge is -2.03. The van der Waals surface area contributed by atoms with E-state index in [1.807, 2.05) is 0 Å². The molecule has 88 valence electrons. The molecule has 1 heterocycles. The average molecular weight is 317 g/mol. The topological polar surface area (TPSA) is 25.8 Å². The minimum absolute atomic E-state index is 0.530. The molecule has 0 saturated heterocycles. The predicted molar refractivity (Wildman–Crippen MR) is 67.0 cm³/mol. The Labute approximate surface area is 110 Å². The first-order chi connectivity index (χ1) is 8.15. The molecule has 0 bridgehead atoms. The quantitative estimate of drug-likeness (QED) is 0.626. The number of benzene rings is 1. The summed E-state index contributed by atoms with van der Waals surface area (Å²) in [5.74, 6) is -2.39. The molecular formula is C11H7BrF2N2S. The van der Waals surface area contributed by atoms with E-state index in [-0.39, 0.29) is 0 Å². The van der Waals surface area contributed by atoms with Gasteiger partial charge in [0.05, 0.1) is 5.69 Å². The fraction of sp³-hybridized carbons (Fsp3) is 0.0909. The summed E-state index contributed by atoms with van der Waals surface area (Å²) in [4.78, 5) is 8.57. The Morgan fingerprint density at radius 1 is 1.12 bits per heavy atom. The molecule has 0 N–H and O–H groups in total. The van der Waals surface area contributed by atoms with Crippen molar-refractivity contribution in [1.29, 1.82) is 0 Å². The average Bonchev–Trinajstić information content (AvgIpc) is 2.29. The summed E-state index contributed by atoms with van der Waals surface area (Å²) < 4.78 is 25.0. The molecule has 2 nitrogen and oxygen atoms in total. The molecule has 0 saturated carbocycles. The number of aromatic nitrogens is 2. The molecule has 0 amide bonds. The summed E-state index contributed by atoms with van der Waals surface area (Å²) in [6.45, 7) is 0. The Hall–Kier alpha value is -1.01. The second-order valence-electron chi connectivity index (χ2n) is 3.13. The maximum Gasteiger partial charge on any atom is 0.288 e. The predicted octanol–water partition coefficient (Wildman–Crippen LogP) is 4.22. The number of alkyl halides is 2. The van der Waals surface area contributed by atoms with Crippen LogP contribution < -0.4 is 0 Å². The summed E-state index contributed by atoms with van der Waals surface area (Å²) >= 11 is 3.78. The summed E-state index contributed by atoms with van der Waals surface area (Å²) in [5.41, 5.74) is 1.62. The first kappa shape index (κ1) is 12.4. The van der Waals surface area contributed by atoms with E-state index in [4.69, 9.17) is 0 Å². The fourth-order valence-corrected chi connectivity index (χ4v) is 2.11. The van der Waals surface area contributed by atoms with Crippen LogP contribution >= 0.6 is 27.7 Å². The van der Waals surface area contributed by atoms with Crippen molar-refractivity contribution < 1.29 is 8.78 Å². The normalized spacial score (nSPS) is 10.8. The van der Waals surface area contributed by atoms with Crippen molar-refractivity contribution in [2.45, 2.75) is 10.7 Å². The monoisotopic (exact) mass is 316 g/mol. The van der Waals surface area contributed by atoms with Gasteiger partial charge in [-0.1, -0.05) is 23.9 Å². The third-order valence-electron chi connectivity index (χ3n) is 2.01. The molecule has 1 aromatic carbocycles. The highest BCUT2D eigenvalue weighted by Crippen LogP contribution is 2.27. The van der Waals surface area contributed by atoms with Gasteiger partial charge in [-0.15, -0.1) is 0 Å². The van der Waals surface area contributed by atoms with Crippen LogP contribution in [-0.2, 0) is 0 Å². The van der Waals surface area contributed by atoms with Crippen LogP contribution in [0, 0.1) is 0 Å². The lowest BCUT2D eigenvalue weighted by molar-refractivity contribution is 0.252. The van der Waals surface area contributed by atoms with E-state index in [1.165, 1.54) is 6.33 Å². The van der Waals surface area contributed by atoms with E-state index in [2.05, 4.69) is 25.9 Å². The van der Waals surface area contributed by atoms with Crippen LogP contribution in [-0.4, -0.2) is 15.7 Å². The summed E-state index contributed by atoms with van der Waals surface area (Å²) in [6, 6.07) is 8.61. The van der Waals surface area contributed by atoms with E-state index in [9.17, 15) is 8.78 Å². The number of thioether (sulfide) groups is 1. The van der Waals surface area contributed by atoms with Gasteiger partial charge >= 0.3 is 0 Å². The molecule has 17 heavy (non-hydrogen) atoms. The van der Waals surface area contributed by atoms with Crippen molar-refractivity contribution in [3.05, 3.63) is 41.3 Å². The number of halogens is 3. The molecule has 2 rings (SSSR count). The lowest BCUT2D eigenvalue weighted by Crippen LogP contribution is -1.86. The number of rotatable bonds is 3. The zero-order valence-corrected chi connectivity index (χ0v) is 10.9. The van der Waals surface area contributed by atoms with Crippen LogP contribution in [0.1, 0.15) is 0 Å². The summed E-state index contributed by atoms with van der Waals surface area (Å²) in [5, 5.41) is 0. The SMILES string of the molecule is FC(F)Sc1ccc(-c2cc(Br)ncn2)cc1. The van der Waals surface area contributed by atoms with Crippen LogP contribution in [0.4, 0.5) is 8.78 Å². The van der Waals surface area contributed by atoms with Crippen LogP contribution in [0.25, 0.3) is 11.3 Å². The first-order valence-corrected chi connectivity index (χ1v) is 6.35. The highest BCUT2D eigenvalue weighted by atomic mass is 79.9. The van der Waals surface area contributed by atoms with Gasteiger partial charge in [-0.25, -0.2) is 9.97 Å². The van der Waals surface area contributed by atoms with Gasteiger partial charge in [0.15, 0.2) is 0 Å². The Balaban J connectivity index is 2.23. The number of nitrogens with zero attached hydrogens (tertiary/aromatic N) is 2. The van der Waals surface area contributed by atoms with Gasteiger partial charge in [-0.05, 0) is 34.1 Å². The van der Waals surface area contributed by atoms with Crippen molar-refractivity contribution in [3.63, 3.8) is 0 Å². The lowest BCUT2D eigenvalue weighted by atomic mass is 10.1. The molecule has 0 aliphatic rings. The third-order valence-corrected chi connectivity index (χ3v) is 3.17. The largest absolute Gasteiger partial charge is 0.288 e. The molecular weight excluding hydrogens is 310 g/mol. The first-order valence-electron chi connectivity index (χ1n) is 4.68. The van der Waals surface area contributed by atoms with Crippen LogP contribution in [0.15, 0.2) is 46.2 Å². The molecule has 1 aromatic heterocycles. The van der Waals surface area contributed by atoms with E-state index >= 15 is 0 Å². The van der Waals surface area contributed by atoms with Gasteiger partial charge in [-0.3, -0.25) is 0 Å². The van der Waals surface area contributed by atoms with Crippen molar-refractivity contribution in [2.75, 3.05) is 0 Å². The van der Waals surface area contributed by atoms with Gasteiger partial charge in [0.2, 0.25) is 0 Å². The molecule has 0 unspecified atom stereocenters. The Kier molecular flexibility index (Phi) is 4.06. The highest BCUT2D eigenvalue weighted by Gasteiger charge is 2.06. The number of hydrogen-bond acceptors (Lipinski definition) is 3. The van der Waals surface area contributed by atoms with Gasteiger partial charge in [0, 0.05) is 10.5 Å². The Bertz CT molecular complexity index is 505. The van der Waals surface area contributed by atoms with Crippen molar-refractivity contribution >= 4 is 27.7 Å². The molecule has 6 heteroatoms. The van der Waals surface area contributed by atoms with Gasteiger partial charge in [0.25, 0.3) is 5.76 Å². The van der Waals surface area contributed by atoms with Gasteiger partial charge < -0.3 is 0 Å². The second-order valence-corrected chi connectivity index (χ2v) is 5.00. The van der Waals surface area contributed by atoms with E-state index in [0.717, 1.165) is 11.3 Å². The zero-order chi connectivity index (χ0) is 12.3. The van der Waals surface area contributed by atoms with Crippen molar-refractivity contribution in [1.82, 2.24) is 9.97 Å². The van der Waals surface area contributed by atoms with Crippen molar-refractivity contribution in [2.24, 2.45) is 0 Å². The smallest absolute Gasteiger partial charge is 0.236 e. The molecule has 0 aliphatic carbocycles.